The minimum absolute atomic E-state index is 0.328. The summed E-state index contributed by atoms with van der Waals surface area (Å²) in [5.41, 5.74) is 0. The van der Waals surface area contributed by atoms with Crippen molar-refractivity contribution in [1.29, 1.82) is 0 Å². The molecule has 2 atom stereocenters. The Balaban J connectivity index is 1.70. The molecule has 2 fully saturated rings. The normalized spacial score (nSPS) is 31.6. The molecule has 0 aromatic rings. The van der Waals surface area contributed by atoms with Gasteiger partial charge in [-0.1, -0.05) is 0 Å². The van der Waals surface area contributed by atoms with Gasteiger partial charge in [0.15, 0.2) is 0 Å². The first kappa shape index (κ1) is 13.6. The molecule has 3 nitrogen and oxygen atoms in total. The number of morpholine rings is 1. The highest BCUT2D eigenvalue weighted by molar-refractivity contribution is 6.20. The predicted octanol–water partition coefficient (Wildman–Crippen LogP) is 1.66. The van der Waals surface area contributed by atoms with E-state index in [0.29, 0.717) is 17.4 Å². The van der Waals surface area contributed by atoms with Gasteiger partial charge in [0, 0.05) is 25.0 Å². The zero-order chi connectivity index (χ0) is 12.3. The summed E-state index contributed by atoms with van der Waals surface area (Å²) in [6, 6.07) is 0. The fourth-order valence-corrected chi connectivity index (χ4v) is 3.11. The molecule has 2 aliphatic heterocycles. The van der Waals surface area contributed by atoms with Gasteiger partial charge in [0.1, 0.15) is 0 Å². The summed E-state index contributed by atoms with van der Waals surface area (Å²) >= 11 is 6.17. The van der Waals surface area contributed by atoms with Crippen molar-refractivity contribution in [2.75, 3.05) is 46.4 Å². The zero-order valence-corrected chi connectivity index (χ0v) is 11.8. The van der Waals surface area contributed by atoms with E-state index in [4.69, 9.17) is 16.3 Å². The van der Waals surface area contributed by atoms with Crippen molar-refractivity contribution < 1.29 is 4.74 Å². The smallest absolute Gasteiger partial charge is 0.0829 e. The van der Waals surface area contributed by atoms with Crippen molar-refractivity contribution in [1.82, 2.24) is 9.80 Å². The molecule has 17 heavy (non-hydrogen) atoms. The van der Waals surface area contributed by atoms with Crippen LogP contribution in [-0.4, -0.2) is 67.7 Å². The summed E-state index contributed by atoms with van der Waals surface area (Å²) in [5, 5.41) is 0.328. The van der Waals surface area contributed by atoms with Crippen molar-refractivity contribution in [2.24, 2.45) is 5.92 Å². The number of rotatable bonds is 3. The number of halogens is 1. The number of ether oxygens (including phenoxy) is 1. The summed E-state index contributed by atoms with van der Waals surface area (Å²) in [7, 11) is 2.18. The first-order valence-corrected chi connectivity index (χ1v) is 7.25. The van der Waals surface area contributed by atoms with E-state index in [9.17, 15) is 0 Å². The fourth-order valence-electron chi connectivity index (χ4n) is 2.86. The molecule has 0 aromatic carbocycles. The van der Waals surface area contributed by atoms with Gasteiger partial charge in [0.05, 0.1) is 12.7 Å². The van der Waals surface area contributed by atoms with Crippen molar-refractivity contribution in [3.63, 3.8) is 0 Å². The first-order chi connectivity index (χ1) is 8.15. The topological polar surface area (TPSA) is 15.7 Å². The molecule has 0 saturated carbocycles. The van der Waals surface area contributed by atoms with Gasteiger partial charge in [0.2, 0.25) is 0 Å². The van der Waals surface area contributed by atoms with Crippen LogP contribution in [0.2, 0.25) is 0 Å². The monoisotopic (exact) mass is 260 g/mol. The van der Waals surface area contributed by atoms with Gasteiger partial charge in [-0.2, -0.15) is 0 Å². The van der Waals surface area contributed by atoms with Crippen molar-refractivity contribution in [3.8, 4) is 0 Å². The lowest BCUT2D eigenvalue weighted by atomic mass is 9.94. The van der Waals surface area contributed by atoms with Gasteiger partial charge in [-0.25, -0.2) is 0 Å². The van der Waals surface area contributed by atoms with Crippen LogP contribution in [0.15, 0.2) is 0 Å². The average Bonchev–Trinajstić information content (AvgIpc) is 2.29. The second kappa shape index (κ2) is 6.37. The standard InChI is InChI=1S/C13H25ClN2O/c1-11(14)12-3-5-16(6-4-12)10-13-9-15(2)7-8-17-13/h11-13H,3-10H2,1-2H3. The molecule has 2 saturated heterocycles. The Morgan fingerprint density at radius 2 is 2.00 bits per heavy atom. The molecule has 0 aliphatic carbocycles. The predicted molar refractivity (Wildman–Crippen MR) is 71.7 cm³/mol. The highest BCUT2D eigenvalue weighted by atomic mass is 35.5. The Kier molecular flexibility index (Phi) is 5.10. The average molecular weight is 261 g/mol. The summed E-state index contributed by atoms with van der Waals surface area (Å²) in [6.45, 7) is 8.62. The maximum Gasteiger partial charge on any atom is 0.0829 e. The van der Waals surface area contributed by atoms with E-state index in [0.717, 1.165) is 26.2 Å². The van der Waals surface area contributed by atoms with Crippen LogP contribution >= 0.6 is 11.6 Å². The lowest BCUT2D eigenvalue weighted by molar-refractivity contribution is -0.0393. The molecule has 0 radical (unpaired) electrons. The lowest BCUT2D eigenvalue weighted by Gasteiger charge is -2.37. The van der Waals surface area contributed by atoms with Crippen molar-refractivity contribution in [3.05, 3.63) is 0 Å². The summed E-state index contributed by atoms with van der Waals surface area (Å²) < 4.78 is 5.82. The molecule has 100 valence electrons. The van der Waals surface area contributed by atoms with E-state index < -0.39 is 0 Å². The van der Waals surface area contributed by atoms with Gasteiger partial charge >= 0.3 is 0 Å². The Morgan fingerprint density at radius 1 is 1.29 bits per heavy atom. The fraction of sp³-hybridized carbons (Fsp3) is 1.00. The van der Waals surface area contributed by atoms with Crippen LogP contribution in [-0.2, 0) is 4.74 Å². The van der Waals surface area contributed by atoms with Crippen LogP contribution in [0.25, 0.3) is 0 Å². The van der Waals surface area contributed by atoms with E-state index in [1.54, 1.807) is 0 Å². The van der Waals surface area contributed by atoms with Crippen molar-refractivity contribution in [2.45, 2.75) is 31.2 Å². The number of hydrogen-bond acceptors (Lipinski definition) is 3. The van der Waals surface area contributed by atoms with Crippen LogP contribution in [0.3, 0.4) is 0 Å². The van der Waals surface area contributed by atoms with Gasteiger partial charge in [0.25, 0.3) is 0 Å². The van der Waals surface area contributed by atoms with Gasteiger partial charge in [-0.3, -0.25) is 0 Å². The number of hydrogen-bond donors (Lipinski definition) is 0. The van der Waals surface area contributed by atoms with E-state index in [1.807, 2.05) is 0 Å². The first-order valence-electron chi connectivity index (χ1n) is 6.81. The van der Waals surface area contributed by atoms with Crippen molar-refractivity contribution >= 4 is 11.6 Å². The molecule has 2 aliphatic rings. The van der Waals surface area contributed by atoms with E-state index in [2.05, 4.69) is 23.8 Å². The molecule has 4 heteroatoms. The SMILES string of the molecule is CC(Cl)C1CCN(CC2CN(C)CCO2)CC1. The summed E-state index contributed by atoms with van der Waals surface area (Å²) in [4.78, 5) is 4.90. The summed E-state index contributed by atoms with van der Waals surface area (Å²) in [6.07, 6.45) is 2.89. The van der Waals surface area contributed by atoms with Crippen LogP contribution in [0.5, 0.6) is 0 Å². The number of likely N-dealkylation sites (N-methyl/N-ethyl adjacent to an activating group) is 1. The van der Waals surface area contributed by atoms with Gasteiger partial charge < -0.3 is 14.5 Å². The van der Waals surface area contributed by atoms with Gasteiger partial charge in [-0.05, 0) is 45.8 Å². The van der Waals surface area contributed by atoms with Crippen LogP contribution < -0.4 is 0 Å². The Morgan fingerprint density at radius 3 is 2.59 bits per heavy atom. The van der Waals surface area contributed by atoms with Crippen LogP contribution in [0, 0.1) is 5.92 Å². The van der Waals surface area contributed by atoms with E-state index in [1.165, 1.54) is 25.9 Å². The summed E-state index contributed by atoms with van der Waals surface area (Å²) in [5.74, 6) is 0.711. The number of piperidine rings is 1. The third-order valence-electron chi connectivity index (χ3n) is 4.09. The van der Waals surface area contributed by atoms with E-state index >= 15 is 0 Å². The highest BCUT2D eigenvalue weighted by Crippen LogP contribution is 2.24. The Labute approximate surface area is 110 Å². The molecule has 2 unspecified atom stereocenters. The quantitative estimate of drug-likeness (QED) is 0.718. The highest BCUT2D eigenvalue weighted by Gasteiger charge is 2.26. The van der Waals surface area contributed by atoms with Crippen LogP contribution in [0.1, 0.15) is 19.8 Å². The molecule has 0 amide bonds. The molecule has 2 heterocycles. The van der Waals surface area contributed by atoms with Gasteiger partial charge in [-0.15, -0.1) is 11.6 Å². The third kappa shape index (κ3) is 4.09. The van der Waals surface area contributed by atoms with E-state index in [-0.39, 0.29) is 0 Å². The molecule has 2 rings (SSSR count). The Bertz CT molecular complexity index is 229. The number of nitrogens with zero attached hydrogens (tertiary/aromatic N) is 2. The third-order valence-corrected chi connectivity index (χ3v) is 4.44. The Hall–Kier alpha value is 0.170. The minimum Gasteiger partial charge on any atom is -0.374 e. The second-order valence-electron chi connectivity index (χ2n) is 5.57. The molecule has 0 spiro atoms. The number of likely N-dealkylation sites (tertiary alicyclic amines) is 1. The molecule has 0 bridgehead atoms. The minimum atomic E-state index is 0.328. The molecule has 0 aromatic heterocycles. The maximum atomic E-state index is 6.17. The lowest BCUT2D eigenvalue weighted by Crippen LogP contribution is -2.48. The molecular formula is C13H25ClN2O. The number of alkyl halides is 1. The maximum absolute atomic E-state index is 6.17. The zero-order valence-electron chi connectivity index (χ0n) is 11.1. The largest absolute Gasteiger partial charge is 0.374 e. The molecule has 0 N–H and O–H groups in total. The second-order valence-corrected chi connectivity index (χ2v) is 6.26. The molecular weight excluding hydrogens is 236 g/mol. The van der Waals surface area contributed by atoms with Crippen LogP contribution in [0.4, 0.5) is 0 Å².